The van der Waals surface area contributed by atoms with Crippen LogP contribution in [0.2, 0.25) is 0 Å². The summed E-state index contributed by atoms with van der Waals surface area (Å²) in [5, 5.41) is 0.832. The Morgan fingerprint density at radius 1 is 1.11 bits per heavy atom. The zero-order chi connectivity index (χ0) is 20.2. The highest BCUT2D eigenvalue weighted by Gasteiger charge is 2.52. The highest BCUT2D eigenvalue weighted by atomic mass is 16.7. The number of hydrogen-bond donors (Lipinski definition) is 0. The molecule has 1 aromatic heterocycles. The molecular formula is C20H28BNO5. The maximum Gasteiger partial charge on any atom is 0.497 e. The Labute approximate surface area is 160 Å². The minimum absolute atomic E-state index is 0.444. The van der Waals surface area contributed by atoms with Crippen molar-refractivity contribution in [3.63, 3.8) is 0 Å². The van der Waals surface area contributed by atoms with Crippen molar-refractivity contribution >= 4 is 29.6 Å². The third-order valence-corrected chi connectivity index (χ3v) is 5.14. The van der Waals surface area contributed by atoms with Crippen molar-refractivity contribution in [3.8, 4) is 5.75 Å². The van der Waals surface area contributed by atoms with Crippen LogP contribution in [-0.4, -0.2) is 41.7 Å². The molecule has 27 heavy (non-hydrogen) atoms. The summed E-state index contributed by atoms with van der Waals surface area (Å²) < 4.78 is 24.8. The minimum Gasteiger partial charge on any atom is -0.497 e. The Balaban J connectivity index is 2.11. The molecule has 0 radical (unpaired) electrons. The van der Waals surface area contributed by atoms with Crippen LogP contribution in [0, 0.1) is 0 Å². The molecule has 1 saturated heterocycles. The zero-order valence-corrected chi connectivity index (χ0v) is 17.4. The first-order valence-corrected chi connectivity index (χ1v) is 9.13. The third-order valence-electron chi connectivity index (χ3n) is 5.14. The fourth-order valence-electron chi connectivity index (χ4n) is 2.98. The second kappa shape index (κ2) is 6.28. The van der Waals surface area contributed by atoms with Gasteiger partial charge in [-0.05, 0) is 66.7 Å². The predicted molar refractivity (Wildman–Crippen MR) is 106 cm³/mol. The zero-order valence-electron chi connectivity index (χ0n) is 17.4. The van der Waals surface area contributed by atoms with Gasteiger partial charge in [0.2, 0.25) is 0 Å². The average Bonchev–Trinajstić information content (AvgIpc) is 2.99. The van der Waals surface area contributed by atoms with E-state index in [0.29, 0.717) is 5.75 Å². The lowest BCUT2D eigenvalue weighted by Crippen LogP contribution is -2.41. The minimum atomic E-state index is -0.593. The molecule has 7 heteroatoms. The van der Waals surface area contributed by atoms with Crippen molar-refractivity contribution in [2.24, 2.45) is 0 Å². The molecule has 0 aliphatic carbocycles. The number of rotatable bonds is 2. The first-order chi connectivity index (χ1) is 12.3. The summed E-state index contributed by atoms with van der Waals surface area (Å²) in [7, 11) is 1.02. The number of benzene rings is 1. The molecule has 1 aliphatic heterocycles. The van der Waals surface area contributed by atoms with Crippen molar-refractivity contribution in [2.75, 3.05) is 7.11 Å². The lowest BCUT2D eigenvalue weighted by molar-refractivity contribution is 0.00578. The van der Waals surface area contributed by atoms with Crippen LogP contribution in [0.1, 0.15) is 48.5 Å². The number of carbonyl (C=O) groups excluding carboxylic acids is 1. The number of nitrogens with zero attached hydrogens (tertiary/aromatic N) is 1. The van der Waals surface area contributed by atoms with E-state index < -0.39 is 30.0 Å². The number of hydrogen-bond acceptors (Lipinski definition) is 5. The van der Waals surface area contributed by atoms with Crippen LogP contribution in [0.25, 0.3) is 10.9 Å². The van der Waals surface area contributed by atoms with E-state index in [4.69, 9.17) is 18.8 Å². The van der Waals surface area contributed by atoms with Crippen LogP contribution in [0.5, 0.6) is 5.75 Å². The lowest BCUT2D eigenvalue weighted by atomic mass is 9.79. The van der Waals surface area contributed by atoms with Gasteiger partial charge < -0.3 is 18.8 Å². The topological polar surface area (TPSA) is 58.9 Å². The fraction of sp³-hybridized carbons (Fsp3) is 0.550. The van der Waals surface area contributed by atoms with Crippen molar-refractivity contribution in [1.82, 2.24) is 4.57 Å². The van der Waals surface area contributed by atoms with E-state index in [2.05, 4.69) is 0 Å². The molecule has 0 spiro atoms. The quantitative estimate of drug-likeness (QED) is 0.751. The van der Waals surface area contributed by atoms with Gasteiger partial charge in [-0.3, -0.25) is 4.57 Å². The normalized spacial score (nSPS) is 18.7. The Hall–Kier alpha value is -1.99. The van der Waals surface area contributed by atoms with Crippen LogP contribution in [-0.2, 0) is 14.0 Å². The van der Waals surface area contributed by atoms with Gasteiger partial charge in [-0.2, -0.15) is 0 Å². The Morgan fingerprint density at radius 2 is 1.70 bits per heavy atom. The maximum absolute atomic E-state index is 12.7. The monoisotopic (exact) mass is 373 g/mol. The Bertz CT molecular complexity index is 862. The molecule has 2 heterocycles. The van der Waals surface area contributed by atoms with Gasteiger partial charge in [-0.15, -0.1) is 0 Å². The summed E-state index contributed by atoms with van der Waals surface area (Å²) in [6.07, 6.45) is 1.29. The summed E-state index contributed by atoms with van der Waals surface area (Å²) in [5.41, 5.74) is -0.0542. The second-order valence-electron chi connectivity index (χ2n) is 8.91. The summed E-state index contributed by atoms with van der Waals surface area (Å²) in [4.78, 5) is 12.7. The molecule has 1 aromatic carbocycles. The van der Waals surface area contributed by atoms with Crippen LogP contribution in [0.3, 0.4) is 0 Å². The maximum atomic E-state index is 12.7. The van der Waals surface area contributed by atoms with E-state index in [1.54, 1.807) is 13.3 Å². The van der Waals surface area contributed by atoms with Gasteiger partial charge in [-0.1, -0.05) is 0 Å². The highest BCUT2D eigenvalue weighted by Crippen LogP contribution is 2.37. The van der Waals surface area contributed by atoms with Crippen molar-refractivity contribution in [3.05, 3.63) is 24.4 Å². The van der Waals surface area contributed by atoms with Crippen molar-refractivity contribution < 1.29 is 23.6 Å². The van der Waals surface area contributed by atoms with Gasteiger partial charge in [0.25, 0.3) is 0 Å². The summed E-state index contributed by atoms with van der Waals surface area (Å²) in [5.74, 6) is 0.696. The number of ether oxygens (including phenoxy) is 2. The lowest BCUT2D eigenvalue weighted by Gasteiger charge is -2.32. The molecule has 1 aliphatic rings. The van der Waals surface area contributed by atoms with E-state index in [-0.39, 0.29) is 0 Å². The van der Waals surface area contributed by atoms with Gasteiger partial charge in [0.15, 0.2) is 0 Å². The first-order valence-electron chi connectivity index (χ1n) is 9.13. The number of carbonyl (C=O) groups is 1. The van der Waals surface area contributed by atoms with Crippen LogP contribution < -0.4 is 10.2 Å². The molecular weight excluding hydrogens is 345 g/mol. The van der Waals surface area contributed by atoms with Crippen LogP contribution in [0.15, 0.2) is 24.4 Å². The van der Waals surface area contributed by atoms with E-state index in [1.807, 2.05) is 66.7 Å². The molecule has 3 rings (SSSR count). The summed E-state index contributed by atoms with van der Waals surface area (Å²) in [6, 6.07) is 5.54. The van der Waals surface area contributed by atoms with Crippen molar-refractivity contribution in [2.45, 2.75) is 65.3 Å². The van der Waals surface area contributed by atoms with Gasteiger partial charge in [0, 0.05) is 17.0 Å². The molecule has 0 saturated carbocycles. The van der Waals surface area contributed by atoms with Crippen LogP contribution >= 0.6 is 0 Å². The predicted octanol–water partition coefficient (Wildman–Crippen LogP) is 3.73. The van der Waals surface area contributed by atoms with Gasteiger partial charge >= 0.3 is 13.2 Å². The molecule has 6 nitrogen and oxygen atoms in total. The standard InChI is InChI=1S/C20H28BNO5/c1-18(2,3)25-17(23)22-12-15(14-11-13(24-8)9-10-16(14)22)21-26-19(4,5)20(6,7)27-21/h9-12H,1-8H3. The molecule has 0 bridgehead atoms. The van der Waals surface area contributed by atoms with E-state index in [9.17, 15) is 4.79 Å². The number of aromatic nitrogens is 1. The first kappa shape index (κ1) is 19.8. The van der Waals surface area contributed by atoms with Gasteiger partial charge in [0.05, 0.1) is 23.8 Å². The summed E-state index contributed by atoms with van der Waals surface area (Å²) in [6.45, 7) is 13.5. The second-order valence-corrected chi connectivity index (χ2v) is 8.91. The summed E-state index contributed by atoms with van der Waals surface area (Å²) >= 11 is 0. The fourth-order valence-corrected chi connectivity index (χ4v) is 2.98. The molecule has 146 valence electrons. The molecule has 0 amide bonds. The van der Waals surface area contributed by atoms with Gasteiger partial charge in [-0.25, -0.2) is 4.79 Å². The molecule has 1 fully saturated rings. The van der Waals surface area contributed by atoms with E-state index >= 15 is 0 Å². The average molecular weight is 373 g/mol. The third kappa shape index (κ3) is 3.58. The largest absolute Gasteiger partial charge is 0.497 e. The Morgan fingerprint density at radius 3 is 2.22 bits per heavy atom. The van der Waals surface area contributed by atoms with E-state index in [1.165, 1.54) is 4.57 Å². The SMILES string of the molecule is COc1ccc2c(c1)c(B1OC(C)(C)C(C)(C)O1)cn2C(=O)OC(C)(C)C. The van der Waals surface area contributed by atoms with Gasteiger partial charge in [0.1, 0.15) is 11.4 Å². The van der Waals surface area contributed by atoms with E-state index in [0.717, 1.165) is 16.4 Å². The number of fused-ring (bicyclic) bond motifs is 1. The molecule has 2 aromatic rings. The van der Waals surface area contributed by atoms with Crippen LogP contribution in [0.4, 0.5) is 4.79 Å². The highest BCUT2D eigenvalue weighted by molar-refractivity contribution is 6.65. The number of methoxy groups -OCH3 is 1. The molecule has 0 unspecified atom stereocenters. The van der Waals surface area contributed by atoms with Crippen molar-refractivity contribution in [1.29, 1.82) is 0 Å². The molecule has 0 N–H and O–H groups in total. The smallest absolute Gasteiger partial charge is 0.497 e. The molecule has 0 atom stereocenters. The Kier molecular flexibility index (Phi) is 4.60.